The van der Waals surface area contributed by atoms with Gasteiger partial charge in [0.2, 0.25) is 0 Å². The van der Waals surface area contributed by atoms with Crippen LogP contribution in [0.2, 0.25) is 0 Å². The third-order valence-electron chi connectivity index (χ3n) is 3.10. The summed E-state index contributed by atoms with van der Waals surface area (Å²) in [6.45, 7) is 6.90. The Morgan fingerprint density at radius 2 is 2.00 bits per heavy atom. The predicted octanol–water partition coefficient (Wildman–Crippen LogP) is 4.62. The van der Waals surface area contributed by atoms with E-state index in [2.05, 4.69) is 52.7 Å². The predicted molar refractivity (Wildman–Crippen MR) is 87.7 cm³/mol. The van der Waals surface area contributed by atoms with Crippen molar-refractivity contribution >= 4 is 22.6 Å². The summed E-state index contributed by atoms with van der Waals surface area (Å²) < 4.78 is 7.12. The number of aromatic nitrogens is 1. The van der Waals surface area contributed by atoms with Crippen molar-refractivity contribution in [1.82, 2.24) is 4.98 Å². The molecule has 19 heavy (non-hydrogen) atoms. The molecule has 1 aromatic carbocycles. The van der Waals surface area contributed by atoms with E-state index in [0.29, 0.717) is 6.61 Å². The van der Waals surface area contributed by atoms with Crippen LogP contribution >= 0.6 is 22.6 Å². The molecule has 0 aliphatic heterocycles. The molecule has 2 aromatic rings. The first kappa shape index (κ1) is 14.3. The quantitative estimate of drug-likeness (QED) is 0.736. The van der Waals surface area contributed by atoms with E-state index in [1.807, 2.05) is 26.1 Å². The molecule has 0 bridgehead atoms. The van der Waals surface area contributed by atoms with Crippen molar-refractivity contribution in [2.75, 3.05) is 6.61 Å². The third-order valence-corrected chi connectivity index (χ3v) is 3.72. The number of nitrogens with zero attached hydrogens (tertiary/aromatic N) is 1. The first-order valence-corrected chi connectivity index (χ1v) is 7.62. The summed E-state index contributed by atoms with van der Waals surface area (Å²) in [5.74, 6) is 1.00. The number of pyridine rings is 1. The van der Waals surface area contributed by atoms with E-state index in [9.17, 15) is 0 Å². The van der Waals surface area contributed by atoms with Crippen molar-refractivity contribution < 1.29 is 4.74 Å². The molecule has 3 heteroatoms. The van der Waals surface area contributed by atoms with Crippen LogP contribution in [0.25, 0.3) is 11.1 Å². The van der Waals surface area contributed by atoms with Crippen molar-refractivity contribution in [3.8, 4) is 16.9 Å². The first-order chi connectivity index (χ1) is 9.17. The summed E-state index contributed by atoms with van der Waals surface area (Å²) in [4.78, 5) is 4.38. The van der Waals surface area contributed by atoms with Crippen LogP contribution in [0.5, 0.6) is 5.75 Å². The van der Waals surface area contributed by atoms with Gasteiger partial charge in [0.1, 0.15) is 5.75 Å². The van der Waals surface area contributed by atoms with Crippen LogP contribution in [0.15, 0.2) is 30.5 Å². The third kappa shape index (κ3) is 3.08. The molecule has 0 radical (unpaired) electrons. The number of halogens is 1. The number of benzene rings is 1. The Labute approximate surface area is 128 Å². The number of aryl methyl sites for hydroxylation is 2. The summed E-state index contributed by atoms with van der Waals surface area (Å²) in [5, 5.41) is 0. The van der Waals surface area contributed by atoms with E-state index < -0.39 is 0 Å². The van der Waals surface area contributed by atoms with Gasteiger partial charge in [-0.05, 0) is 66.6 Å². The molecule has 1 heterocycles. The molecule has 2 nitrogen and oxygen atoms in total. The molecule has 0 fully saturated rings. The van der Waals surface area contributed by atoms with Gasteiger partial charge in [0.25, 0.3) is 0 Å². The zero-order valence-electron chi connectivity index (χ0n) is 11.5. The van der Waals surface area contributed by atoms with E-state index in [0.717, 1.165) is 29.0 Å². The largest absolute Gasteiger partial charge is 0.493 e. The zero-order chi connectivity index (χ0) is 13.8. The van der Waals surface area contributed by atoms with Gasteiger partial charge in [-0.2, -0.15) is 0 Å². The SMILES string of the molecule is CCOc1c(CC)cc(I)cc1-c1cccnc1C. The van der Waals surface area contributed by atoms with E-state index >= 15 is 0 Å². The Morgan fingerprint density at radius 3 is 2.63 bits per heavy atom. The van der Waals surface area contributed by atoms with Gasteiger partial charge < -0.3 is 4.74 Å². The molecule has 0 saturated carbocycles. The van der Waals surface area contributed by atoms with Crippen molar-refractivity contribution in [3.63, 3.8) is 0 Å². The maximum atomic E-state index is 5.89. The lowest BCUT2D eigenvalue weighted by Gasteiger charge is -2.16. The number of hydrogen-bond acceptors (Lipinski definition) is 2. The molecule has 0 saturated heterocycles. The molecule has 0 atom stereocenters. The second-order valence-electron chi connectivity index (χ2n) is 4.36. The van der Waals surface area contributed by atoms with Crippen LogP contribution in [0.3, 0.4) is 0 Å². The Hall–Kier alpha value is -1.10. The molecule has 1 aromatic heterocycles. The lowest BCUT2D eigenvalue weighted by atomic mass is 9.99. The maximum absolute atomic E-state index is 5.89. The van der Waals surface area contributed by atoms with Crippen LogP contribution in [0.1, 0.15) is 25.1 Å². The minimum Gasteiger partial charge on any atom is -0.493 e. The standard InChI is InChI=1S/C16H18INO/c1-4-12-9-13(17)10-15(16(12)19-5-2)14-7-6-8-18-11(14)3/h6-10H,4-5H2,1-3H3. The van der Waals surface area contributed by atoms with Crippen LogP contribution in [0.4, 0.5) is 0 Å². The Balaban J connectivity index is 2.67. The van der Waals surface area contributed by atoms with Crippen molar-refractivity contribution in [1.29, 1.82) is 0 Å². The monoisotopic (exact) mass is 367 g/mol. The van der Waals surface area contributed by atoms with E-state index in [4.69, 9.17) is 4.74 Å². The van der Waals surface area contributed by atoms with Gasteiger partial charge in [0, 0.05) is 26.6 Å². The van der Waals surface area contributed by atoms with Gasteiger partial charge >= 0.3 is 0 Å². The minimum absolute atomic E-state index is 0.680. The lowest BCUT2D eigenvalue weighted by Crippen LogP contribution is -2.00. The number of ether oxygens (including phenoxy) is 1. The molecule has 100 valence electrons. The van der Waals surface area contributed by atoms with Crippen LogP contribution < -0.4 is 4.74 Å². The van der Waals surface area contributed by atoms with Gasteiger partial charge in [0.05, 0.1) is 6.61 Å². The smallest absolute Gasteiger partial charge is 0.130 e. The average molecular weight is 367 g/mol. The highest BCUT2D eigenvalue weighted by atomic mass is 127. The minimum atomic E-state index is 0.680. The van der Waals surface area contributed by atoms with Crippen molar-refractivity contribution in [3.05, 3.63) is 45.3 Å². The number of hydrogen-bond donors (Lipinski definition) is 0. The topological polar surface area (TPSA) is 22.1 Å². The average Bonchev–Trinajstić information content (AvgIpc) is 2.41. The molecule has 0 aliphatic rings. The lowest BCUT2D eigenvalue weighted by molar-refractivity contribution is 0.338. The van der Waals surface area contributed by atoms with Crippen molar-refractivity contribution in [2.24, 2.45) is 0 Å². The first-order valence-electron chi connectivity index (χ1n) is 6.54. The normalized spacial score (nSPS) is 10.5. The maximum Gasteiger partial charge on any atom is 0.130 e. The molecule has 0 aliphatic carbocycles. The van der Waals surface area contributed by atoms with Crippen LogP contribution in [-0.2, 0) is 6.42 Å². The zero-order valence-corrected chi connectivity index (χ0v) is 13.7. The van der Waals surface area contributed by atoms with Crippen LogP contribution in [-0.4, -0.2) is 11.6 Å². The molecular weight excluding hydrogens is 349 g/mol. The van der Waals surface area contributed by atoms with Gasteiger partial charge in [-0.3, -0.25) is 4.98 Å². The Bertz CT molecular complexity index is 581. The Morgan fingerprint density at radius 1 is 1.21 bits per heavy atom. The molecule has 0 N–H and O–H groups in total. The fourth-order valence-corrected chi connectivity index (χ4v) is 2.88. The Kier molecular flexibility index (Phi) is 4.80. The summed E-state index contributed by atoms with van der Waals surface area (Å²) in [6.07, 6.45) is 2.80. The van der Waals surface area contributed by atoms with Crippen LogP contribution in [0, 0.1) is 10.5 Å². The van der Waals surface area contributed by atoms with Gasteiger partial charge in [-0.25, -0.2) is 0 Å². The fraction of sp³-hybridized carbons (Fsp3) is 0.312. The second kappa shape index (κ2) is 6.37. The van der Waals surface area contributed by atoms with Gasteiger partial charge in [0.15, 0.2) is 0 Å². The van der Waals surface area contributed by atoms with Gasteiger partial charge in [-0.1, -0.05) is 13.0 Å². The van der Waals surface area contributed by atoms with E-state index in [-0.39, 0.29) is 0 Å². The summed E-state index contributed by atoms with van der Waals surface area (Å²) in [5.41, 5.74) is 4.59. The summed E-state index contributed by atoms with van der Waals surface area (Å²) >= 11 is 2.36. The van der Waals surface area contributed by atoms with Crippen molar-refractivity contribution in [2.45, 2.75) is 27.2 Å². The molecule has 2 rings (SSSR count). The highest BCUT2D eigenvalue weighted by Crippen LogP contribution is 2.36. The van der Waals surface area contributed by atoms with Gasteiger partial charge in [-0.15, -0.1) is 0 Å². The highest BCUT2D eigenvalue weighted by Gasteiger charge is 2.14. The molecule has 0 amide bonds. The second-order valence-corrected chi connectivity index (χ2v) is 5.61. The van der Waals surface area contributed by atoms with E-state index in [1.165, 1.54) is 9.13 Å². The fourth-order valence-electron chi connectivity index (χ4n) is 2.20. The highest BCUT2D eigenvalue weighted by molar-refractivity contribution is 14.1. The molecule has 0 unspecified atom stereocenters. The molecule has 0 spiro atoms. The summed E-state index contributed by atoms with van der Waals surface area (Å²) in [6, 6.07) is 8.45. The summed E-state index contributed by atoms with van der Waals surface area (Å²) in [7, 11) is 0. The van der Waals surface area contributed by atoms with E-state index in [1.54, 1.807) is 0 Å². The molecular formula is C16H18INO. The number of rotatable bonds is 4.